The van der Waals surface area contributed by atoms with Gasteiger partial charge in [0.25, 0.3) is 11.6 Å². The average molecular weight is 287 g/mol. The first-order valence-electron chi connectivity index (χ1n) is 6.51. The average Bonchev–Trinajstić information content (AvgIpc) is 2.68. The molecule has 6 heteroatoms. The van der Waals surface area contributed by atoms with Gasteiger partial charge in [0.1, 0.15) is 0 Å². The van der Waals surface area contributed by atoms with Crippen molar-refractivity contribution in [2.75, 3.05) is 5.32 Å². The van der Waals surface area contributed by atoms with Crippen molar-refractivity contribution >= 4 is 17.3 Å². The van der Waals surface area contributed by atoms with Crippen LogP contribution in [0.4, 0.5) is 11.4 Å². The van der Waals surface area contributed by atoms with E-state index in [0.717, 1.165) is 11.4 Å². The summed E-state index contributed by atoms with van der Waals surface area (Å²) >= 11 is 0. The number of amides is 1. The van der Waals surface area contributed by atoms with Crippen LogP contribution in [0.2, 0.25) is 0 Å². The Hall–Kier alpha value is -2.63. The van der Waals surface area contributed by atoms with Crippen molar-refractivity contribution in [1.29, 1.82) is 0 Å². The van der Waals surface area contributed by atoms with Crippen molar-refractivity contribution in [1.82, 2.24) is 4.57 Å². The fourth-order valence-corrected chi connectivity index (χ4v) is 2.23. The van der Waals surface area contributed by atoms with Crippen LogP contribution in [0.3, 0.4) is 0 Å². The molecule has 1 amide bonds. The van der Waals surface area contributed by atoms with E-state index in [1.54, 1.807) is 25.1 Å². The minimum absolute atomic E-state index is 0.00577. The smallest absolute Gasteiger partial charge is 0.274 e. The lowest BCUT2D eigenvalue weighted by Crippen LogP contribution is -2.14. The summed E-state index contributed by atoms with van der Waals surface area (Å²) in [6, 6.07) is 6.44. The maximum absolute atomic E-state index is 12.3. The number of nitrogens with one attached hydrogen (secondary N) is 1. The molecule has 110 valence electrons. The molecule has 0 fully saturated rings. The van der Waals surface area contributed by atoms with Gasteiger partial charge in [0.2, 0.25) is 0 Å². The molecule has 0 aliphatic carbocycles. The number of aromatic nitrogens is 1. The summed E-state index contributed by atoms with van der Waals surface area (Å²) < 4.78 is 1.93. The van der Waals surface area contributed by atoms with Crippen LogP contribution in [0.25, 0.3) is 0 Å². The van der Waals surface area contributed by atoms with Gasteiger partial charge in [0, 0.05) is 24.5 Å². The van der Waals surface area contributed by atoms with E-state index in [9.17, 15) is 14.9 Å². The summed E-state index contributed by atoms with van der Waals surface area (Å²) in [7, 11) is 1.89. The number of anilines is 1. The zero-order valence-corrected chi connectivity index (χ0v) is 12.4. The fraction of sp³-hybridized carbons (Fsp3) is 0.267. The van der Waals surface area contributed by atoms with Gasteiger partial charge in [-0.1, -0.05) is 6.07 Å². The van der Waals surface area contributed by atoms with E-state index < -0.39 is 4.92 Å². The molecule has 2 aromatic rings. The fourth-order valence-electron chi connectivity index (χ4n) is 2.23. The zero-order chi connectivity index (χ0) is 15.7. The number of benzene rings is 1. The second-order valence-corrected chi connectivity index (χ2v) is 5.00. The Kier molecular flexibility index (Phi) is 3.80. The predicted octanol–water partition coefficient (Wildman–Crippen LogP) is 3.11. The van der Waals surface area contributed by atoms with Crippen LogP contribution in [-0.4, -0.2) is 15.4 Å². The van der Waals surface area contributed by atoms with Crippen molar-refractivity contribution in [3.8, 4) is 0 Å². The summed E-state index contributed by atoms with van der Waals surface area (Å²) in [5.41, 5.74) is 3.30. The molecule has 1 aromatic carbocycles. The zero-order valence-electron chi connectivity index (χ0n) is 12.4. The van der Waals surface area contributed by atoms with Crippen LogP contribution < -0.4 is 5.32 Å². The Bertz CT molecular complexity index is 732. The van der Waals surface area contributed by atoms with E-state index in [0.29, 0.717) is 16.8 Å². The normalized spacial score (nSPS) is 10.5. The summed E-state index contributed by atoms with van der Waals surface area (Å²) in [5, 5.41) is 13.7. The number of rotatable bonds is 3. The number of aryl methyl sites for hydroxylation is 1. The Morgan fingerprint density at radius 1 is 1.29 bits per heavy atom. The largest absolute Gasteiger partial charge is 0.351 e. The number of hydrogen-bond acceptors (Lipinski definition) is 3. The molecule has 1 N–H and O–H groups in total. The van der Waals surface area contributed by atoms with E-state index in [1.165, 1.54) is 6.07 Å². The first-order valence-corrected chi connectivity index (χ1v) is 6.51. The molecule has 0 radical (unpaired) electrons. The Morgan fingerprint density at radius 2 is 1.95 bits per heavy atom. The molecule has 1 aromatic heterocycles. The molecule has 2 rings (SSSR count). The van der Waals surface area contributed by atoms with E-state index in [1.807, 2.05) is 25.5 Å². The molecular formula is C15H17N3O3. The number of hydrogen-bond donors (Lipinski definition) is 1. The molecule has 0 bridgehead atoms. The molecule has 0 saturated carbocycles. The third-order valence-electron chi connectivity index (χ3n) is 3.77. The second-order valence-electron chi connectivity index (χ2n) is 5.00. The number of nitro groups is 1. The topological polar surface area (TPSA) is 77.2 Å². The highest BCUT2D eigenvalue weighted by molar-refractivity contribution is 6.05. The number of nitro benzene ring substituents is 1. The molecule has 0 aliphatic rings. The van der Waals surface area contributed by atoms with Crippen LogP contribution in [0.5, 0.6) is 0 Å². The number of carbonyl (C=O) groups is 1. The Labute approximate surface area is 122 Å². The highest BCUT2D eigenvalue weighted by Crippen LogP contribution is 2.26. The van der Waals surface area contributed by atoms with Gasteiger partial charge >= 0.3 is 0 Å². The van der Waals surface area contributed by atoms with Crippen LogP contribution in [0, 0.1) is 30.9 Å². The monoisotopic (exact) mass is 287 g/mol. The third kappa shape index (κ3) is 2.65. The van der Waals surface area contributed by atoms with Crippen molar-refractivity contribution in [2.24, 2.45) is 7.05 Å². The first-order chi connectivity index (χ1) is 9.82. The molecule has 0 atom stereocenters. The number of carbonyl (C=O) groups excluding carboxylic acids is 1. The SMILES string of the molecule is Cc1c(NC(=O)c2cc(C)n(C)c2C)cccc1[N+](=O)[O-]. The van der Waals surface area contributed by atoms with Crippen LogP contribution >= 0.6 is 0 Å². The summed E-state index contributed by atoms with van der Waals surface area (Å²) in [6.07, 6.45) is 0. The molecule has 1 heterocycles. The minimum atomic E-state index is -0.455. The van der Waals surface area contributed by atoms with Gasteiger partial charge < -0.3 is 9.88 Å². The van der Waals surface area contributed by atoms with Gasteiger partial charge in [0.15, 0.2) is 0 Å². The number of nitrogens with zero attached hydrogens (tertiary/aromatic N) is 2. The third-order valence-corrected chi connectivity index (χ3v) is 3.77. The second kappa shape index (κ2) is 5.40. The van der Waals surface area contributed by atoms with Gasteiger partial charge in [-0.05, 0) is 32.9 Å². The molecule has 0 saturated heterocycles. The van der Waals surface area contributed by atoms with Gasteiger partial charge in [-0.2, -0.15) is 0 Å². The van der Waals surface area contributed by atoms with Crippen molar-refractivity contribution in [3.63, 3.8) is 0 Å². The van der Waals surface area contributed by atoms with Gasteiger partial charge in [-0.3, -0.25) is 14.9 Å². The Morgan fingerprint density at radius 3 is 2.48 bits per heavy atom. The van der Waals surface area contributed by atoms with Crippen LogP contribution in [0.1, 0.15) is 27.3 Å². The summed E-state index contributed by atoms with van der Waals surface area (Å²) in [6.45, 7) is 5.40. The van der Waals surface area contributed by atoms with Gasteiger partial charge in [-0.25, -0.2) is 0 Å². The molecule has 0 spiro atoms. The lowest BCUT2D eigenvalue weighted by molar-refractivity contribution is -0.385. The van der Waals surface area contributed by atoms with Crippen molar-refractivity contribution < 1.29 is 9.72 Å². The first kappa shape index (κ1) is 14.8. The standard InChI is InChI=1S/C15H17N3O3/c1-9-8-12(11(3)17(9)4)15(19)16-13-6-5-7-14(10(13)2)18(20)21/h5-8H,1-4H3,(H,16,19). The molecular weight excluding hydrogens is 270 g/mol. The van der Waals surface area contributed by atoms with E-state index in [-0.39, 0.29) is 11.6 Å². The van der Waals surface area contributed by atoms with E-state index in [2.05, 4.69) is 5.32 Å². The predicted molar refractivity (Wildman–Crippen MR) is 80.7 cm³/mol. The van der Waals surface area contributed by atoms with Crippen LogP contribution in [-0.2, 0) is 7.05 Å². The van der Waals surface area contributed by atoms with Crippen molar-refractivity contribution in [2.45, 2.75) is 20.8 Å². The quantitative estimate of drug-likeness (QED) is 0.696. The molecule has 0 aliphatic heterocycles. The van der Waals surface area contributed by atoms with E-state index in [4.69, 9.17) is 0 Å². The highest BCUT2D eigenvalue weighted by Gasteiger charge is 2.18. The van der Waals surface area contributed by atoms with Crippen LogP contribution in [0.15, 0.2) is 24.3 Å². The maximum Gasteiger partial charge on any atom is 0.274 e. The van der Waals surface area contributed by atoms with Gasteiger partial charge in [0.05, 0.1) is 21.7 Å². The highest BCUT2D eigenvalue weighted by atomic mass is 16.6. The lowest BCUT2D eigenvalue weighted by Gasteiger charge is -2.08. The van der Waals surface area contributed by atoms with Gasteiger partial charge in [-0.15, -0.1) is 0 Å². The summed E-state index contributed by atoms with van der Waals surface area (Å²) in [5.74, 6) is -0.264. The molecule has 0 unspecified atom stereocenters. The minimum Gasteiger partial charge on any atom is -0.351 e. The van der Waals surface area contributed by atoms with E-state index >= 15 is 0 Å². The Balaban J connectivity index is 2.34. The van der Waals surface area contributed by atoms with Crippen molar-refractivity contribution in [3.05, 3.63) is 56.9 Å². The lowest BCUT2D eigenvalue weighted by atomic mass is 10.1. The summed E-state index contributed by atoms with van der Waals surface area (Å²) in [4.78, 5) is 22.8. The molecule has 21 heavy (non-hydrogen) atoms. The maximum atomic E-state index is 12.3. The molecule has 6 nitrogen and oxygen atoms in total.